The third-order valence-electron chi connectivity index (χ3n) is 1.93. The maximum atomic E-state index is 12.4. The first-order valence-corrected chi connectivity index (χ1v) is 4.64. The minimum Gasteiger partial charge on any atom is -0.203 e. The van der Waals surface area contributed by atoms with Crippen LogP contribution < -0.4 is 0 Å². The predicted molar refractivity (Wildman–Crippen MR) is 47.6 cm³/mol. The van der Waals surface area contributed by atoms with Crippen LogP contribution in [0.1, 0.15) is 12.5 Å². The Morgan fingerprint density at radius 2 is 0.800 bits per heavy atom. The predicted octanol–water partition coefficient (Wildman–Crippen LogP) is 4.89. The van der Waals surface area contributed by atoms with Gasteiger partial charge >= 0.3 is 12.1 Å². The minimum absolute atomic E-state index is 0.188. The fourth-order valence-corrected chi connectivity index (χ4v) is 0.715. The number of rotatable bonds is 0. The van der Waals surface area contributed by atoms with Gasteiger partial charge in [-0.05, 0) is 6.92 Å². The molecule has 0 bridgehead atoms. The second-order valence-electron chi connectivity index (χ2n) is 3.58. The third kappa shape index (κ3) is 4.01. The molecule has 0 N–H and O–H groups in total. The molecule has 0 amide bonds. The van der Waals surface area contributed by atoms with E-state index in [9.17, 15) is 43.9 Å². The summed E-state index contributed by atoms with van der Waals surface area (Å²) in [7, 11) is 0. The lowest BCUT2D eigenvalue weighted by atomic mass is 10.2. The molecule has 1 aromatic carbocycles. The number of halogens is 10. The first-order valence-electron chi connectivity index (χ1n) is 4.64. The van der Waals surface area contributed by atoms with E-state index in [0.29, 0.717) is 0 Å². The Hall–Kier alpha value is -1.48. The van der Waals surface area contributed by atoms with Crippen molar-refractivity contribution >= 4 is 0 Å². The van der Waals surface area contributed by atoms with E-state index < -0.39 is 46.7 Å². The van der Waals surface area contributed by atoms with Gasteiger partial charge in [0.1, 0.15) is 0 Å². The average molecular weight is 316 g/mol. The molecule has 1 rings (SSSR count). The molecule has 0 atom stereocenters. The summed E-state index contributed by atoms with van der Waals surface area (Å²) in [5.74, 6) is -14.1. The van der Waals surface area contributed by atoms with Gasteiger partial charge in [0.05, 0.1) is 0 Å². The zero-order chi connectivity index (χ0) is 16.5. The number of hydrogen-bond donors (Lipinski definition) is 0. The molecule has 1 aromatic rings. The summed E-state index contributed by atoms with van der Waals surface area (Å²) in [6.07, 6.45) is -5.40. The van der Waals surface area contributed by atoms with Crippen molar-refractivity contribution < 1.29 is 43.9 Å². The van der Waals surface area contributed by atoms with E-state index >= 15 is 0 Å². The Labute approximate surface area is 106 Å². The normalized spacial score (nSPS) is 12.0. The third-order valence-corrected chi connectivity index (χ3v) is 1.93. The van der Waals surface area contributed by atoms with Gasteiger partial charge in [-0.15, -0.1) is 0 Å². The van der Waals surface area contributed by atoms with E-state index in [-0.39, 0.29) is 6.92 Å². The molecule has 0 aliphatic carbocycles. The highest BCUT2D eigenvalue weighted by Gasteiger charge is 2.53. The van der Waals surface area contributed by atoms with Crippen LogP contribution in [0.15, 0.2) is 0 Å². The SMILES string of the molecule is CC(F)(F)C(F)(F)F.Cc1c(F)c(F)c(F)c(F)c1F. The van der Waals surface area contributed by atoms with Gasteiger partial charge in [0.15, 0.2) is 23.3 Å². The molecule has 0 saturated heterocycles. The van der Waals surface area contributed by atoms with Gasteiger partial charge in [-0.1, -0.05) is 0 Å². The first kappa shape index (κ1) is 18.5. The van der Waals surface area contributed by atoms with E-state index in [1.165, 1.54) is 0 Å². The van der Waals surface area contributed by atoms with Crippen molar-refractivity contribution in [1.29, 1.82) is 0 Å². The number of alkyl halides is 5. The standard InChI is InChI=1S/C7H3F5.C3H3F5/c1-2-3(8)5(10)7(12)6(11)4(2)9;1-2(4,5)3(6,7)8/h1H3;1H3. The molecule has 20 heavy (non-hydrogen) atoms. The van der Waals surface area contributed by atoms with E-state index in [1.54, 1.807) is 0 Å². The number of benzene rings is 1. The summed E-state index contributed by atoms with van der Waals surface area (Å²) in [6, 6.07) is 0. The molecule has 0 saturated carbocycles. The minimum atomic E-state index is -5.40. The van der Waals surface area contributed by atoms with Crippen LogP contribution in [0.4, 0.5) is 43.9 Å². The van der Waals surface area contributed by atoms with Crippen LogP contribution in [0.25, 0.3) is 0 Å². The lowest BCUT2D eigenvalue weighted by Gasteiger charge is -2.12. The Bertz CT molecular complexity index is 365. The highest BCUT2D eigenvalue weighted by molar-refractivity contribution is 5.22. The van der Waals surface area contributed by atoms with Crippen molar-refractivity contribution in [3.63, 3.8) is 0 Å². The Morgan fingerprint density at radius 3 is 1.00 bits per heavy atom. The molecular formula is C10H6F10. The van der Waals surface area contributed by atoms with Crippen molar-refractivity contribution in [2.75, 3.05) is 0 Å². The number of hydrogen-bond acceptors (Lipinski definition) is 0. The molecule has 0 radical (unpaired) electrons. The van der Waals surface area contributed by atoms with Gasteiger partial charge < -0.3 is 0 Å². The van der Waals surface area contributed by atoms with E-state index in [4.69, 9.17) is 0 Å². The van der Waals surface area contributed by atoms with E-state index in [0.717, 1.165) is 6.92 Å². The lowest BCUT2D eigenvalue weighted by molar-refractivity contribution is -0.273. The van der Waals surface area contributed by atoms with Crippen LogP contribution in [0.5, 0.6) is 0 Å². The molecule has 0 aliphatic rings. The van der Waals surface area contributed by atoms with Crippen LogP contribution in [0.3, 0.4) is 0 Å². The molecule has 0 aliphatic heterocycles. The zero-order valence-corrected chi connectivity index (χ0v) is 9.78. The van der Waals surface area contributed by atoms with Crippen LogP contribution in [-0.2, 0) is 0 Å². The van der Waals surface area contributed by atoms with E-state index in [1.807, 2.05) is 0 Å². The van der Waals surface area contributed by atoms with Crippen LogP contribution >= 0.6 is 0 Å². The molecule has 0 aromatic heterocycles. The van der Waals surface area contributed by atoms with Crippen molar-refractivity contribution in [2.24, 2.45) is 0 Å². The summed E-state index contributed by atoms with van der Waals surface area (Å²) in [5, 5.41) is 0. The molecule has 0 unspecified atom stereocenters. The van der Waals surface area contributed by atoms with Gasteiger partial charge in [0.2, 0.25) is 5.82 Å². The smallest absolute Gasteiger partial charge is 0.203 e. The highest BCUT2D eigenvalue weighted by Crippen LogP contribution is 2.34. The molecule has 116 valence electrons. The van der Waals surface area contributed by atoms with Gasteiger partial charge in [-0.25, -0.2) is 22.0 Å². The maximum absolute atomic E-state index is 12.4. The van der Waals surface area contributed by atoms with Crippen molar-refractivity contribution in [1.82, 2.24) is 0 Å². The maximum Gasteiger partial charge on any atom is 0.452 e. The molecule has 0 spiro atoms. The van der Waals surface area contributed by atoms with Crippen molar-refractivity contribution in [2.45, 2.75) is 25.9 Å². The van der Waals surface area contributed by atoms with Gasteiger partial charge in [-0.3, -0.25) is 0 Å². The Balaban J connectivity index is 0.000000396. The quantitative estimate of drug-likeness (QED) is 0.363. The van der Waals surface area contributed by atoms with Gasteiger partial charge in [-0.2, -0.15) is 22.0 Å². The molecule has 0 heterocycles. The van der Waals surface area contributed by atoms with Crippen molar-refractivity contribution in [3.05, 3.63) is 34.6 Å². The first-order chi connectivity index (χ1) is 8.71. The molecular weight excluding hydrogens is 310 g/mol. The van der Waals surface area contributed by atoms with Crippen molar-refractivity contribution in [3.8, 4) is 0 Å². The zero-order valence-electron chi connectivity index (χ0n) is 9.78. The van der Waals surface area contributed by atoms with Crippen LogP contribution in [0.2, 0.25) is 0 Å². The van der Waals surface area contributed by atoms with Gasteiger partial charge in [0, 0.05) is 12.5 Å². The Morgan fingerprint density at radius 1 is 0.600 bits per heavy atom. The Kier molecular flexibility index (Phi) is 5.44. The molecule has 0 fully saturated rings. The fourth-order valence-electron chi connectivity index (χ4n) is 0.715. The molecule has 10 heteroatoms. The largest absolute Gasteiger partial charge is 0.452 e. The summed E-state index contributed by atoms with van der Waals surface area (Å²) >= 11 is 0. The topological polar surface area (TPSA) is 0 Å². The van der Waals surface area contributed by atoms with Crippen LogP contribution in [0, 0.1) is 36.0 Å². The van der Waals surface area contributed by atoms with E-state index in [2.05, 4.69) is 0 Å². The summed E-state index contributed by atoms with van der Waals surface area (Å²) < 4.78 is 116. The average Bonchev–Trinajstić information content (AvgIpc) is 2.30. The second-order valence-corrected chi connectivity index (χ2v) is 3.58. The lowest BCUT2D eigenvalue weighted by Crippen LogP contribution is -2.32. The second kappa shape index (κ2) is 5.88. The summed E-state index contributed by atoms with van der Waals surface area (Å²) in [5.41, 5.74) is -0.869. The summed E-state index contributed by atoms with van der Waals surface area (Å²) in [4.78, 5) is 0. The van der Waals surface area contributed by atoms with Gasteiger partial charge in [0.25, 0.3) is 0 Å². The highest BCUT2D eigenvalue weighted by atomic mass is 19.4. The van der Waals surface area contributed by atoms with Crippen LogP contribution in [-0.4, -0.2) is 12.1 Å². The monoisotopic (exact) mass is 316 g/mol. The fraction of sp³-hybridized carbons (Fsp3) is 0.400. The molecule has 0 nitrogen and oxygen atoms in total. The summed E-state index contributed by atoms with van der Waals surface area (Å²) in [6.45, 7) is 0.628.